The first-order chi connectivity index (χ1) is 8.86. The molecule has 1 saturated carbocycles. The maximum absolute atomic E-state index is 11.8. The van der Waals surface area contributed by atoms with Gasteiger partial charge in [0.15, 0.2) is 0 Å². The van der Waals surface area contributed by atoms with E-state index in [-0.39, 0.29) is 6.03 Å². The van der Waals surface area contributed by atoms with Crippen LogP contribution in [0.2, 0.25) is 0 Å². The number of hydrogen-bond donors (Lipinski definition) is 1. The highest BCUT2D eigenvalue weighted by atomic mass is 16.5. The Balaban J connectivity index is 1.52. The molecule has 0 aromatic rings. The average molecular weight is 256 g/mol. The van der Waals surface area contributed by atoms with Gasteiger partial charge in [-0.15, -0.1) is 0 Å². The first-order valence-electron chi connectivity index (χ1n) is 7.08. The zero-order valence-corrected chi connectivity index (χ0v) is 11.0. The lowest BCUT2D eigenvalue weighted by Crippen LogP contribution is -2.47. The fraction of sp³-hybridized carbons (Fsp3) is 0.923. The smallest absolute Gasteiger partial charge is 0.317 e. The van der Waals surface area contributed by atoms with Crippen molar-refractivity contribution in [2.24, 2.45) is 0 Å². The number of morpholine rings is 1. The van der Waals surface area contributed by atoms with E-state index in [0.29, 0.717) is 45.6 Å². The minimum absolute atomic E-state index is 0.00513. The lowest BCUT2D eigenvalue weighted by molar-refractivity contribution is 0.0287. The number of ether oxygens (including phenoxy) is 2. The van der Waals surface area contributed by atoms with Crippen molar-refractivity contribution in [2.45, 2.75) is 38.2 Å². The van der Waals surface area contributed by atoms with Crippen molar-refractivity contribution in [1.82, 2.24) is 10.2 Å². The molecule has 0 radical (unpaired) electrons. The molecule has 0 bridgehead atoms. The van der Waals surface area contributed by atoms with Gasteiger partial charge < -0.3 is 19.7 Å². The third-order valence-corrected chi connectivity index (χ3v) is 3.58. The van der Waals surface area contributed by atoms with Crippen molar-refractivity contribution >= 4 is 6.03 Å². The van der Waals surface area contributed by atoms with Gasteiger partial charge >= 0.3 is 6.03 Å². The average Bonchev–Trinajstić information content (AvgIpc) is 2.45. The normalized spacial score (nSPS) is 21.9. The summed E-state index contributed by atoms with van der Waals surface area (Å²) in [7, 11) is 0. The van der Waals surface area contributed by atoms with E-state index in [1.807, 2.05) is 0 Å². The summed E-state index contributed by atoms with van der Waals surface area (Å²) in [5.41, 5.74) is 0. The lowest BCUT2D eigenvalue weighted by atomic mass is 9.98. The van der Waals surface area contributed by atoms with E-state index in [9.17, 15) is 4.79 Å². The number of carbonyl (C=O) groups is 1. The molecule has 18 heavy (non-hydrogen) atoms. The van der Waals surface area contributed by atoms with Gasteiger partial charge in [-0.2, -0.15) is 0 Å². The molecule has 2 aliphatic rings. The molecule has 0 unspecified atom stereocenters. The van der Waals surface area contributed by atoms with Gasteiger partial charge in [-0.25, -0.2) is 4.79 Å². The highest BCUT2D eigenvalue weighted by Gasteiger charge is 2.16. The largest absolute Gasteiger partial charge is 0.378 e. The Bertz CT molecular complexity index is 249. The topological polar surface area (TPSA) is 50.8 Å². The molecule has 1 aliphatic heterocycles. The SMILES string of the molecule is O=C(NCCOC1CCCCC1)N1CCOCC1. The van der Waals surface area contributed by atoms with Gasteiger partial charge in [-0.05, 0) is 12.8 Å². The summed E-state index contributed by atoms with van der Waals surface area (Å²) in [5, 5.41) is 2.90. The second kappa shape index (κ2) is 7.59. The molecule has 5 nitrogen and oxygen atoms in total. The highest BCUT2D eigenvalue weighted by molar-refractivity contribution is 5.74. The van der Waals surface area contributed by atoms with E-state index in [2.05, 4.69) is 5.32 Å². The number of urea groups is 1. The van der Waals surface area contributed by atoms with Gasteiger partial charge in [-0.1, -0.05) is 19.3 Å². The lowest BCUT2D eigenvalue weighted by Gasteiger charge is -2.27. The summed E-state index contributed by atoms with van der Waals surface area (Å²) in [6.45, 7) is 3.90. The van der Waals surface area contributed by atoms with Crippen LogP contribution in [0.3, 0.4) is 0 Å². The summed E-state index contributed by atoms with van der Waals surface area (Å²) in [6, 6.07) is 0.00513. The molecule has 0 aromatic carbocycles. The minimum atomic E-state index is 0.00513. The van der Waals surface area contributed by atoms with Crippen LogP contribution >= 0.6 is 0 Å². The Morgan fingerprint density at radius 3 is 2.67 bits per heavy atom. The summed E-state index contributed by atoms with van der Waals surface area (Å²) in [4.78, 5) is 13.5. The Morgan fingerprint density at radius 2 is 1.94 bits per heavy atom. The van der Waals surface area contributed by atoms with Gasteiger partial charge in [0.1, 0.15) is 0 Å². The van der Waals surface area contributed by atoms with Crippen LogP contribution in [0.25, 0.3) is 0 Å². The second-order valence-corrected chi connectivity index (χ2v) is 4.96. The molecular formula is C13H24N2O3. The van der Waals surface area contributed by atoms with Gasteiger partial charge in [0.25, 0.3) is 0 Å². The van der Waals surface area contributed by atoms with Crippen LogP contribution in [0.15, 0.2) is 0 Å². The molecule has 5 heteroatoms. The zero-order chi connectivity index (χ0) is 12.6. The Morgan fingerprint density at radius 1 is 1.22 bits per heavy atom. The van der Waals surface area contributed by atoms with E-state index < -0.39 is 0 Å². The molecule has 1 N–H and O–H groups in total. The predicted molar refractivity (Wildman–Crippen MR) is 68.6 cm³/mol. The van der Waals surface area contributed by atoms with Crippen molar-refractivity contribution in [3.63, 3.8) is 0 Å². The molecule has 2 fully saturated rings. The van der Waals surface area contributed by atoms with Gasteiger partial charge in [-0.3, -0.25) is 0 Å². The third kappa shape index (κ3) is 4.46. The number of nitrogens with zero attached hydrogens (tertiary/aromatic N) is 1. The number of rotatable bonds is 4. The van der Waals surface area contributed by atoms with Crippen LogP contribution in [-0.4, -0.2) is 56.5 Å². The summed E-state index contributed by atoms with van der Waals surface area (Å²) in [5.74, 6) is 0. The Hall–Kier alpha value is -0.810. The van der Waals surface area contributed by atoms with Crippen LogP contribution in [0, 0.1) is 0 Å². The van der Waals surface area contributed by atoms with Gasteiger partial charge in [0.05, 0.1) is 25.9 Å². The minimum Gasteiger partial charge on any atom is -0.378 e. The first-order valence-corrected chi connectivity index (χ1v) is 7.08. The standard InChI is InChI=1S/C13H24N2O3/c16-13(15-7-10-17-11-8-15)14-6-9-18-12-4-2-1-3-5-12/h12H,1-11H2,(H,14,16). The number of hydrogen-bond acceptors (Lipinski definition) is 3. The van der Waals surface area contributed by atoms with Crippen LogP contribution in [0.1, 0.15) is 32.1 Å². The molecule has 0 atom stereocenters. The monoisotopic (exact) mass is 256 g/mol. The number of amides is 2. The third-order valence-electron chi connectivity index (χ3n) is 3.58. The molecule has 1 heterocycles. The fourth-order valence-corrected chi connectivity index (χ4v) is 2.49. The first kappa shape index (κ1) is 13.6. The molecule has 2 amide bonds. The van der Waals surface area contributed by atoms with Crippen molar-refractivity contribution in [1.29, 1.82) is 0 Å². The van der Waals surface area contributed by atoms with Crippen molar-refractivity contribution in [3.8, 4) is 0 Å². The van der Waals surface area contributed by atoms with Crippen molar-refractivity contribution < 1.29 is 14.3 Å². The second-order valence-electron chi connectivity index (χ2n) is 4.96. The predicted octanol–water partition coefficient (Wildman–Crippen LogP) is 1.38. The molecule has 1 saturated heterocycles. The van der Waals surface area contributed by atoms with Crippen molar-refractivity contribution in [3.05, 3.63) is 0 Å². The van der Waals surface area contributed by atoms with Gasteiger partial charge in [0.2, 0.25) is 0 Å². The Labute approximate surface area is 109 Å². The molecule has 0 aromatic heterocycles. The van der Waals surface area contributed by atoms with Crippen LogP contribution in [0.5, 0.6) is 0 Å². The molecule has 1 aliphatic carbocycles. The number of carbonyl (C=O) groups excluding carboxylic acids is 1. The van der Waals surface area contributed by atoms with Crippen LogP contribution < -0.4 is 5.32 Å². The van der Waals surface area contributed by atoms with Crippen molar-refractivity contribution in [2.75, 3.05) is 39.5 Å². The molecule has 2 rings (SSSR count). The summed E-state index contributed by atoms with van der Waals surface area (Å²) < 4.78 is 11.0. The molecule has 104 valence electrons. The summed E-state index contributed by atoms with van der Waals surface area (Å²) in [6.07, 6.45) is 6.68. The van der Waals surface area contributed by atoms with E-state index in [0.717, 1.165) is 0 Å². The van der Waals surface area contributed by atoms with E-state index >= 15 is 0 Å². The van der Waals surface area contributed by atoms with Crippen LogP contribution in [-0.2, 0) is 9.47 Å². The van der Waals surface area contributed by atoms with E-state index in [4.69, 9.17) is 9.47 Å². The maximum Gasteiger partial charge on any atom is 0.317 e. The summed E-state index contributed by atoms with van der Waals surface area (Å²) >= 11 is 0. The van der Waals surface area contributed by atoms with E-state index in [1.54, 1.807) is 4.90 Å². The molecule has 0 spiro atoms. The quantitative estimate of drug-likeness (QED) is 0.773. The number of nitrogens with one attached hydrogen (secondary N) is 1. The van der Waals surface area contributed by atoms with E-state index in [1.165, 1.54) is 32.1 Å². The fourth-order valence-electron chi connectivity index (χ4n) is 2.49. The van der Waals surface area contributed by atoms with Gasteiger partial charge in [0, 0.05) is 19.6 Å². The molecular weight excluding hydrogens is 232 g/mol. The highest BCUT2D eigenvalue weighted by Crippen LogP contribution is 2.19. The maximum atomic E-state index is 11.8. The Kier molecular flexibility index (Phi) is 5.74. The zero-order valence-electron chi connectivity index (χ0n) is 11.0. The van der Waals surface area contributed by atoms with Crippen LogP contribution in [0.4, 0.5) is 4.79 Å².